The molecule has 4 aromatic carbocycles. The van der Waals surface area contributed by atoms with Gasteiger partial charge in [0.05, 0.1) is 25.6 Å². The first-order valence-electron chi connectivity index (χ1n) is 12.9. The minimum Gasteiger partial charge on any atom is -0.494 e. The largest absolute Gasteiger partial charge is 0.494 e. The van der Waals surface area contributed by atoms with Gasteiger partial charge in [-0.25, -0.2) is 18.7 Å². The van der Waals surface area contributed by atoms with Crippen molar-refractivity contribution in [1.82, 2.24) is 9.97 Å². The van der Waals surface area contributed by atoms with Crippen molar-refractivity contribution in [1.29, 1.82) is 0 Å². The summed E-state index contributed by atoms with van der Waals surface area (Å²) in [5.41, 5.74) is 5.06. The van der Waals surface area contributed by atoms with Crippen LogP contribution in [0.5, 0.6) is 11.5 Å². The molecule has 0 atom stereocenters. The topological polar surface area (TPSA) is 61.3 Å². The molecule has 0 aliphatic rings. The van der Waals surface area contributed by atoms with Crippen molar-refractivity contribution in [3.63, 3.8) is 0 Å². The Morgan fingerprint density at radius 1 is 0.690 bits per heavy atom. The first-order valence-corrected chi connectivity index (χ1v) is 13.5. The van der Waals surface area contributed by atoms with Crippen molar-refractivity contribution < 1.29 is 23.0 Å². The predicted molar refractivity (Wildman–Crippen MR) is 162 cm³/mol. The van der Waals surface area contributed by atoms with Crippen molar-refractivity contribution in [3.05, 3.63) is 120 Å². The van der Waals surface area contributed by atoms with Gasteiger partial charge in [0, 0.05) is 33.3 Å². The number of para-hydroxylation sites is 2. The Bertz CT molecular complexity index is 1910. The van der Waals surface area contributed by atoms with Gasteiger partial charge in [0.25, 0.3) is 0 Å². The van der Waals surface area contributed by atoms with Crippen molar-refractivity contribution in [2.45, 2.75) is 5.88 Å². The van der Waals surface area contributed by atoms with Gasteiger partial charge < -0.3 is 9.47 Å². The molecule has 0 fully saturated rings. The van der Waals surface area contributed by atoms with Crippen LogP contribution in [-0.2, 0) is 5.88 Å². The first-order chi connectivity index (χ1) is 20.4. The molecule has 2 heterocycles. The van der Waals surface area contributed by atoms with Crippen LogP contribution < -0.4 is 9.47 Å². The molecular weight excluding hydrogens is 558 g/mol. The molecule has 0 unspecified atom stereocenters. The third-order valence-electron chi connectivity index (χ3n) is 6.63. The van der Waals surface area contributed by atoms with Gasteiger partial charge in [-0.2, -0.15) is 0 Å². The average Bonchev–Trinajstić information content (AvgIpc) is 3.03. The van der Waals surface area contributed by atoms with E-state index in [1.54, 1.807) is 44.6 Å². The molecule has 0 saturated heterocycles. The SMILES string of the molecule is COc1cccc2cc(C=O)c(-c3cccc(F)c3)nc12.COc1cccc2cc(CCl)c(-c3cccc(F)c3)nc12. The fourth-order valence-electron chi connectivity index (χ4n) is 4.68. The fourth-order valence-corrected chi connectivity index (χ4v) is 4.88. The summed E-state index contributed by atoms with van der Waals surface area (Å²) in [4.78, 5) is 20.5. The summed E-state index contributed by atoms with van der Waals surface area (Å²) >= 11 is 6.03. The molecule has 0 aliphatic carbocycles. The number of rotatable bonds is 6. The van der Waals surface area contributed by atoms with E-state index in [0.29, 0.717) is 51.0 Å². The molecule has 8 heteroatoms. The molecule has 0 spiro atoms. The monoisotopic (exact) mass is 582 g/mol. The molecule has 0 N–H and O–H groups in total. The van der Waals surface area contributed by atoms with E-state index in [0.717, 1.165) is 28.1 Å². The number of methoxy groups -OCH3 is 2. The zero-order valence-electron chi connectivity index (χ0n) is 22.8. The number of hydrogen-bond acceptors (Lipinski definition) is 5. The van der Waals surface area contributed by atoms with Crippen LogP contribution in [0, 0.1) is 11.6 Å². The Kier molecular flexibility index (Phi) is 8.69. The van der Waals surface area contributed by atoms with E-state index in [-0.39, 0.29) is 11.6 Å². The van der Waals surface area contributed by atoms with E-state index in [4.69, 9.17) is 21.1 Å². The number of ether oxygens (including phenoxy) is 2. The van der Waals surface area contributed by atoms with Crippen LogP contribution in [0.15, 0.2) is 97.1 Å². The number of pyridine rings is 2. The molecule has 6 aromatic rings. The summed E-state index contributed by atoms with van der Waals surface area (Å²) in [5, 5.41) is 1.75. The van der Waals surface area contributed by atoms with E-state index in [1.165, 1.54) is 24.3 Å². The summed E-state index contributed by atoms with van der Waals surface area (Å²) < 4.78 is 37.5. The van der Waals surface area contributed by atoms with Crippen molar-refractivity contribution in [2.24, 2.45) is 0 Å². The molecule has 0 amide bonds. The Morgan fingerprint density at radius 3 is 1.69 bits per heavy atom. The number of alkyl halides is 1. The molecule has 0 saturated carbocycles. The number of aromatic nitrogens is 2. The van der Waals surface area contributed by atoms with E-state index in [1.807, 2.05) is 42.5 Å². The number of fused-ring (bicyclic) bond motifs is 2. The van der Waals surface area contributed by atoms with Gasteiger partial charge in [0.1, 0.15) is 34.2 Å². The van der Waals surface area contributed by atoms with E-state index in [2.05, 4.69) is 9.97 Å². The number of aldehydes is 1. The van der Waals surface area contributed by atoms with Gasteiger partial charge in [-0.3, -0.25) is 4.79 Å². The second kappa shape index (κ2) is 12.7. The summed E-state index contributed by atoms with van der Waals surface area (Å²) in [5.74, 6) is 0.946. The lowest BCUT2D eigenvalue weighted by Gasteiger charge is -2.11. The van der Waals surface area contributed by atoms with E-state index in [9.17, 15) is 13.6 Å². The van der Waals surface area contributed by atoms with Crippen molar-refractivity contribution in [3.8, 4) is 34.0 Å². The third-order valence-corrected chi connectivity index (χ3v) is 6.92. The Hall–Kier alpha value is -4.88. The average molecular weight is 583 g/mol. The lowest BCUT2D eigenvalue weighted by Crippen LogP contribution is -1.95. The summed E-state index contributed by atoms with van der Waals surface area (Å²) in [6.45, 7) is 0. The van der Waals surface area contributed by atoms with Crippen LogP contribution in [0.2, 0.25) is 0 Å². The highest BCUT2D eigenvalue weighted by molar-refractivity contribution is 6.17. The minimum atomic E-state index is -0.369. The van der Waals surface area contributed by atoms with Crippen molar-refractivity contribution >= 4 is 39.7 Å². The summed E-state index contributed by atoms with van der Waals surface area (Å²) in [7, 11) is 3.17. The lowest BCUT2D eigenvalue weighted by molar-refractivity contribution is 0.112. The highest BCUT2D eigenvalue weighted by Crippen LogP contribution is 2.32. The number of nitrogens with zero attached hydrogens (tertiary/aromatic N) is 2. The quantitative estimate of drug-likeness (QED) is 0.145. The lowest BCUT2D eigenvalue weighted by atomic mass is 10.0. The number of carbonyl (C=O) groups excluding carboxylic acids is 1. The Balaban J connectivity index is 0.000000168. The molecule has 6 rings (SSSR count). The maximum Gasteiger partial charge on any atom is 0.152 e. The maximum absolute atomic E-state index is 13.5. The second-order valence-corrected chi connectivity index (χ2v) is 9.53. The highest BCUT2D eigenvalue weighted by atomic mass is 35.5. The number of hydrogen-bond donors (Lipinski definition) is 0. The van der Waals surface area contributed by atoms with Gasteiger partial charge in [0.15, 0.2) is 6.29 Å². The van der Waals surface area contributed by atoms with Crippen LogP contribution in [0.25, 0.3) is 44.3 Å². The zero-order valence-corrected chi connectivity index (χ0v) is 23.5. The molecule has 0 aliphatic heterocycles. The van der Waals surface area contributed by atoms with Crippen LogP contribution in [0.4, 0.5) is 8.78 Å². The smallest absolute Gasteiger partial charge is 0.152 e. The van der Waals surface area contributed by atoms with Crippen LogP contribution in [0.1, 0.15) is 15.9 Å². The third kappa shape index (κ3) is 5.92. The molecular formula is C34H25ClF2N2O3. The predicted octanol–water partition coefficient (Wildman–Crippen LogP) is 8.65. The number of carbonyl (C=O) groups is 1. The number of halogens is 3. The van der Waals surface area contributed by atoms with Gasteiger partial charge in [-0.05, 0) is 54.1 Å². The second-order valence-electron chi connectivity index (χ2n) is 9.26. The van der Waals surface area contributed by atoms with E-state index >= 15 is 0 Å². The molecule has 42 heavy (non-hydrogen) atoms. The number of benzene rings is 4. The fraction of sp³-hybridized carbons (Fsp3) is 0.0882. The zero-order chi connectivity index (χ0) is 29.6. The Labute approximate surface area is 246 Å². The summed E-state index contributed by atoms with van der Waals surface area (Å²) in [6.07, 6.45) is 0.728. The molecule has 2 aromatic heterocycles. The van der Waals surface area contributed by atoms with E-state index < -0.39 is 0 Å². The molecule has 210 valence electrons. The summed E-state index contributed by atoms with van der Waals surface area (Å²) in [6, 6.07) is 27.3. The van der Waals surface area contributed by atoms with Gasteiger partial charge >= 0.3 is 0 Å². The van der Waals surface area contributed by atoms with Gasteiger partial charge in [-0.1, -0.05) is 48.5 Å². The first kappa shape index (κ1) is 28.6. The Morgan fingerprint density at radius 2 is 1.19 bits per heavy atom. The van der Waals surface area contributed by atoms with Gasteiger partial charge in [-0.15, -0.1) is 11.6 Å². The highest BCUT2D eigenvalue weighted by Gasteiger charge is 2.13. The molecule has 0 radical (unpaired) electrons. The standard InChI is InChI=1S/C17H13ClFNO.C17H12FNO2/c1-21-15-7-3-5-11-8-13(10-18)16(20-17(11)15)12-4-2-6-14(19)9-12;1-21-15-7-3-5-11-8-13(10-20)16(19-17(11)15)12-4-2-6-14(18)9-12/h2-9H,10H2,1H3;2-10H,1H3. The maximum atomic E-state index is 13.5. The molecule has 0 bridgehead atoms. The van der Waals surface area contributed by atoms with Gasteiger partial charge in [0.2, 0.25) is 0 Å². The normalized spacial score (nSPS) is 10.7. The minimum absolute atomic E-state index is 0.296. The van der Waals surface area contributed by atoms with Crippen LogP contribution in [-0.4, -0.2) is 30.5 Å². The van der Waals surface area contributed by atoms with Crippen molar-refractivity contribution in [2.75, 3.05) is 14.2 Å². The van der Waals surface area contributed by atoms with Crippen LogP contribution in [0.3, 0.4) is 0 Å². The molecule has 5 nitrogen and oxygen atoms in total. The van der Waals surface area contributed by atoms with Crippen LogP contribution >= 0.6 is 11.6 Å².